The van der Waals surface area contributed by atoms with Gasteiger partial charge in [0.25, 0.3) is 5.91 Å². The van der Waals surface area contributed by atoms with E-state index in [-0.39, 0.29) is 17.7 Å². The molecule has 1 aromatic carbocycles. The Morgan fingerprint density at radius 2 is 2.29 bits per heavy atom. The maximum atomic E-state index is 11.5. The summed E-state index contributed by atoms with van der Waals surface area (Å²) >= 11 is 0. The monoisotopic (exact) mass is 193 g/mol. The van der Waals surface area contributed by atoms with Crippen molar-refractivity contribution in [2.75, 3.05) is 0 Å². The molecule has 0 saturated carbocycles. The van der Waals surface area contributed by atoms with Gasteiger partial charge in [-0.1, -0.05) is 13.0 Å². The Morgan fingerprint density at radius 3 is 2.86 bits per heavy atom. The molecular weight excluding hydrogens is 178 g/mol. The minimum absolute atomic E-state index is 0.113. The van der Waals surface area contributed by atoms with Crippen molar-refractivity contribution < 1.29 is 9.90 Å². The number of carbonyl (C=O) groups excluding carboxylic acids is 1. The molecule has 0 aliphatic heterocycles. The molecule has 0 aliphatic rings. The zero-order valence-corrected chi connectivity index (χ0v) is 8.45. The Hall–Kier alpha value is -1.51. The lowest BCUT2D eigenvalue weighted by molar-refractivity contribution is 0.0939. The number of benzene rings is 1. The number of carbonyl (C=O) groups is 1. The Morgan fingerprint density at radius 1 is 1.57 bits per heavy atom. The second-order valence-corrected chi connectivity index (χ2v) is 3.33. The first-order valence-electron chi connectivity index (χ1n) is 4.73. The van der Waals surface area contributed by atoms with Gasteiger partial charge in [-0.2, -0.15) is 0 Å². The fourth-order valence-electron chi connectivity index (χ4n) is 1.06. The van der Waals surface area contributed by atoms with Crippen molar-refractivity contribution in [1.82, 2.24) is 5.32 Å². The number of rotatable bonds is 3. The summed E-state index contributed by atoms with van der Waals surface area (Å²) in [5, 5.41) is 12.0. The molecule has 1 atom stereocenters. The topological polar surface area (TPSA) is 49.3 Å². The van der Waals surface area contributed by atoms with Crippen molar-refractivity contribution in [3.63, 3.8) is 0 Å². The molecule has 0 fully saturated rings. The number of nitrogens with one attached hydrogen (secondary N) is 1. The molecule has 3 heteroatoms. The zero-order valence-electron chi connectivity index (χ0n) is 8.45. The van der Waals surface area contributed by atoms with Crippen molar-refractivity contribution in [2.45, 2.75) is 26.3 Å². The van der Waals surface area contributed by atoms with E-state index in [0.717, 1.165) is 6.42 Å². The minimum atomic E-state index is -0.143. The summed E-state index contributed by atoms with van der Waals surface area (Å²) in [5.41, 5.74) is 0.491. The lowest BCUT2D eigenvalue weighted by Gasteiger charge is -2.11. The van der Waals surface area contributed by atoms with Crippen molar-refractivity contribution in [2.24, 2.45) is 0 Å². The highest BCUT2D eigenvalue weighted by molar-refractivity contribution is 5.94. The number of amides is 1. The van der Waals surface area contributed by atoms with E-state index in [1.165, 1.54) is 6.07 Å². The van der Waals surface area contributed by atoms with Crippen LogP contribution in [-0.4, -0.2) is 17.1 Å². The van der Waals surface area contributed by atoms with Crippen LogP contribution >= 0.6 is 0 Å². The average molecular weight is 193 g/mol. The van der Waals surface area contributed by atoms with Crippen LogP contribution in [0.3, 0.4) is 0 Å². The molecule has 1 amide bonds. The fraction of sp³-hybridized carbons (Fsp3) is 0.364. The molecule has 0 spiro atoms. The molecule has 0 aliphatic carbocycles. The molecule has 2 N–H and O–H groups in total. The first-order chi connectivity index (χ1) is 6.63. The SMILES string of the molecule is CC[C@H](C)NC(=O)c1cccc(O)c1. The second kappa shape index (κ2) is 4.65. The Bertz CT molecular complexity index is 323. The summed E-state index contributed by atoms with van der Waals surface area (Å²) in [7, 11) is 0. The fourth-order valence-corrected chi connectivity index (χ4v) is 1.06. The summed E-state index contributed by atoms with van der Waals surface area (Å²) in [6, 6.07) is 6.49. The first-order valence-corrected chi connectivity index (χ1v) is 4.73. The Balaban J connectivity index is 2.70. The second-order valence-electron chi connectivity index (χ2n) is 3.33. The zero-order chi connectivity index (χ0) is 10.6. The molecule has 0 radical (unpaired) electrons. The summed E-state index contributed by atoms with van der Waals surface area (Å²) in [4.78, 5) is 11.5. The number of phenols is 1. The van der Waals surface area contributed by atoms with Gasteiger partial charge in [0.05, 0.1) is 0 Å². The van der Waals surface area contributed by atoms with E-state index in [1.807, 2.05) is 13.8 Å². The standard InChI is InChI=1S/C11H15NO2/c1-3-8(2)12-11(14)9-5-4-6-10(13)7-9/h4-8,13H,3H2,1-2H3,(H,12,14)/t8-/m0/s1. The molecule has 3 nitrogen and oxygen atoms in total. The van der Waals surface area contributed by atoms with Crippen LogP contribution in [0.15, 0.2) is 24.3 Å². The van der Waals surface area contributed by atoms with Gasteiger partial charge < -0.3 is 10.4 Å². The number of hydrogen-bond donors (Lipinski definition) is 2. The van der Waals surface area contributed by atoms with Crippen LogP contribution in [0.5, 0.6) is 5.75 Å². The largest absolute Gasteiger partial charge is 0.508 e. The maximum Gasteiger partial charge on any atom is 0.251 e. The van der Waals surface area contributed by atoms with Crippen LogP contribution in [-0.2, 0) is 0 Å². The highest BCUT2D eigenvalue weighted by atomic mass is 16.3. The lowest BCUT2D eigenvalue weighted by Crippen LogP contribution is -2.31. The van der Waals surface area contributed by atoms with E-state index in [4.69, 9.17) is 0 Å². The Labute approximate surface area is 83.8 Å². The molecule has 0 aromatic heterocycles. The predicted molar refractivity (Wildman–Crippen MR) is 55.3 cm³/mol. The van der Waals surface area contributed by atoms with Crippen molar-refractivity contribution in [1.29, 1.82) is 0 Å². The number of aromatic hydroxyl groups is 1. The third-order valence-electron chi connectivity index (χ3n) is 2.10. The molecule has 14 heavy (non-hydrogen) atoms. The molecule has 1 aromatic rings. The van der Waals surface area contributed by atoms with E-state index >= 15 is 0 Å². The van der Waals surface area contributed by atoms with Crippen molar-refractivity contribution in [3.05, 3.63) is 29.8 Å². The molecule has 76 valence electrons. The van der Waals surface area contributed by atoms with Gasteiger partial charge in [0.1, 0.15) is 5.75 Å². The van der Waals surface area contributed by atoms with Crippen LogP contribution in [0.1, 0.15) is 30.6 Å². The normalized spacial score (nSPS) is 12.1. The average Bonchev–Trinajstić information content (AvgIpc) is 2.17. The molecule has 0 saturated heterocycles. The Kier molecular flexibility index (Phi) is 3.51. The van der Waals surface area contributed by atoms with E-state index < -0.39 is 0 Å². The van der Waals surface area contributed by atoms with E-state index in [2.05, 4.69) is 5.32 Å². The van der Waals surface area contributed by atoms with Gasteiger partial charge in [-0.25, -0.2) is 0 Å². The number of hydrogen-bond acceptors (Lipinski definition) is 2. The van der Waals surface area contributed by atoms with Crippen LogP contribution in [0.4, 0.5) is 0 Å². The quantitative estimate of drug-likeness (QED) is 0.770. The van der Waals surface area contributed by atoms with Gasteiger partial charge in [0.15, 0.2) is 0 Å². The molecule has 1 rings (SSSR count). The summed E-state index contributed by atoms with van der Waals surface area (Å²) in [6.07, 6.45) is 0.893. The van der Waals surface area contributed by atoms with E-state index in [0.29, 0.717) is 5.56 Å². The van der Waals surface area contributed by atoms with Crippen LogP contribution in [0.25, 0.3) is 0 Å². The molecule has 0 heterocycles. The molecule has 0 bridgehead atoms. The minimum Gasteiger partial charge on any atom is -0.508 e. The summed E-state index contributed by atoms with van der Waals surface area (Å²) < 4.78 is 0. The lowest BCUT2D eigenvalue weighted by atomic mass is 10.2. The van der Waals surface area contributed by atoms with Gasteiger partial charge in [-0.15, -0.1) is 0 Å². The van der Waals surface area contributed by atoms with Gasteiger partial charge in [-0.3, -0.25) is 4.79 Å². The first kappa shape index (κ1) is 10.6. The van der Waals surface area contributed by atoms with Gasteiger partial charge >= 0.3 is 0 Å². The summed E-state index contributed by atoms with van der Waals surface area (Å²) in [6.45, 7) is 3.95. The highest BCUT2D eigenvalue weighted by Gasteiger charge is 2.08. The van der Waals surface area contributed by atoms with E-state index in [1.54, 1.807) is 18.2 Å². The van der Waals surface area contributed by atoms with Crippen LogP contribution in [0.2, 0.25) is 0 Å². The van der Waals surface area contributed by atoms with Gasteiger partial charge in [0, 0.05) is 11.6 Å². The molecule has 0 unspecified atom stereocenters. The highest BCUT2D eigenvalue weighted by Crippen LogP contribution is 2.10. The van der Waals surface area contributed by atoms with Gasteiger partial charge in [-0.05, 0) is 31.5 Å². The van der Waals surface area contributed by atoms with Crippen LogP contribution < -0.4 is 5.32 Å². The van der Waals surface area contributed by atoms with Gasteiger partial charge in [0.2, 0.25) is 0 Å². The van der Waals surface area contributed by atoms with E-state index in [9.17, 15) is 9.90 Å². The third kappa shape index (κ3) is 2.76. The molecular formula is C11H15NO2. The van der Waals surface area contributed by atoms with Crippen molar-refractivity contribution >= 4 is 5.91 Å². The number of phenolic OH excluding ortho intramolecular Hbond substituents is 1. The van der Waals surface area contributed by atoms with Crippen molar-refractivity contribution in [3.8, 4) is 5.75 Å². The maximum absolute atomic E-state index is 11.5. The predicted octanol–water partition coefficient (Wildman–Crippen LogP) is 1.92. The summed E-state index contributed by atoms with van der Waals surface area (Å²) in [5.74, 6) is -0.0305. The third-order valence-corrected chi connectivity index (χ3v) is 2.10. The smallest absolute Gasteiger partial charge is 0.251 e. The van der Waals surface area contributed by atoms with Crippen LogP contribution in [0, 0.1) is 0 Å².